The van der Waals surface area contributed by atoms with Crippen LogP contribution in [-0.2, 0) is 35.9 Å². The van der Waals surface area contributed by atoms with E-state index in [4.69, 9.17) is 42.6 Å². The molecule has 1 heterocycles. The van der Waals surface area contributed by atoms with Crippen molar-refractivity contribution in [1.29, 1.82) is 0 Å². The number of aryl methyl sites for hydroxylation is 2. The van der Waals surface area contributed by atoms with E-state index in [9.17, 15) is 0 Å². The van der Waals surface area contributed by atoms with Crippen LogP contribution in [0.1, 0.15) is 130 Å². The number of benzene rings is 8. The zero-order valence-electron chi connectivity index (χ0n) is 52.1. The van der Waals surface area contributed by atoms with Gasteiger partial charge in [0.1, 0.15) is 45.7 Å². The molecule has 448 valence electrons. The second-order valence-corrected chi connectivity index (χ2v) is 25.6. The van der Waals surface area contributed by atoms with Gasteiger partial charge in [-0.05, 0) is 179 Å². The third-order valence-electron chi connectivity index (χ3n) is 17.4. The number of para-hydroxylation sites is 1. The quantitative estimate of drug-likeness (QED) is 0.0575. The molecule has 1 amide bonds. The van der Waals surface area contributed by atoms with Crippen LogP contribution in [-0.4, -0.2) is 54.0 Å². The lowest BCUT2D eigenvalue weighted by atomic mass is 9.55. The van der Waals surface area contributed by atoms with Gasteiger partial charge in [0.25, 0.3) is 0 Å². The molecule has 0 radical (unpaired) electrons. The molecule has 0 N–H and O–H groups in total. The molecule has 1 aliphatic carbocycles. The summed E-state index contributed by atoms with van der Waals surface area (Å²) in [4.78, 5) is 17.6. The Bertz CT molecular complexity index is 3590. The first-order chi connectivity index (χ1) is 41.2. The van der Waals surface area contributed by atoms with E-state index in [-0.39, 0.29) is 61.5 Å². The van der Waals surface area contributed by atoms with Crippen molar-refractivity contribution in [3.8, 4) is 40.2 Å². The zero-order chi connectivity index (χ0) is 60.9. The van der Waals surface area contributed by atoms with Crippen LogP contribution in [0.25, 0.3) is 0 Å². The molecule has 8 aromatic carbocycles. The molecule has 0 spiro atoms. The number of hydrogen-bond donors (Lipinski definition) is 0. The average molecular weight is 1160 g/mol. The van der Waals surface area contributed by atoms with Crippen molar-refractivity contribution in [3.63, 3.8) is 0 Å². The molecule has 1 fully saturated rings. The lowest BCUT2D eigenvalue weighted by Gasteiger charge is -2.48. The first-order valence-corrected chi connectivity index (χ1v) is 29.8. The lowest BCUT2D eigenvalue weighted by Crippen LogP contribution is -2.43. The molecule has 86 heavy (non-hydrogen) atoms. The average Bonchev–Trinajstić information content (AvgIpc) is 1.53. The summed E-state index contributed by atoms with van der Waals surface area (Å²) in [6, 6.07) is 61.4. The van der Waals surface area contributed by atoms with E-state index in [2.05, 4.69) is 122 Å². The zero-order valence-corrected chi connectivity index (χ0v) is 52.1. The fourth-order valence-corrected chi connectivity index (χ4v) is 13.2. The van der Waals surface area contributed by atoms with Crippen molar-refractivity contribution in [1.82, 2.24) is 0 Å². The second-order valence-electron chi connectivity index (χ2n) is 25.6. The molecule has 8 aromatic rings. The molecule has 3 atom stereocenters. The van der Waals surface area contributed by atoms with Crippen LogP contribution in [0.4, 0.5) is 5.69 Å². The SMILES string of the molecule is COCOc1ccc(C2(c3ccc(OCN4C(=O)C(c5ccc(OCOC)c(C)c5)(c5ccc(OCOc6ccc(C(C)(C)c7ccc(OCOc8ccc(C(C)(C)C)cc8)cc7)cc6)c(C)c5)c5ccccc54)cc3)CC(C)CC(C)(C)C2)cc1. The Labute approximate surface area is 509 Å². The van der Waals surface area contributed by atoms with Gasteiger partial charge < -0.3 is 42.6 Å². The molecule has 0 bridgehead atoms. The number of nitrogens with zero attached hydrogens (tertiary/aromatic N) is 1. The van der Waals surface area contributed by atoms with Crippen molar-refractivity contribution in [2.24, 2.45) is 11.3 Å². The van der Waals surface area contributed by atoms with Crippen molar-refractivity contribution in [2.45, 2.75) is 110 Å². The maximum absolute atomic E-state index is 15.8. The Morgan fingerprint density at radius 1 is 0.477 bits per heavy atom. The Kier molecular flexibility index (Phi) is 18.0. The van der Waals surface area contributed by atoms with E-state index in [0.717, 1.165) is 81.1 Å². The molecule has 11 heteroatoms. The summed E-state index contributed by atoms with van der Waals surface area (Å²) >= 11 is 0. The van der Waals surface area contributed by atoms with E-state index in [1.54, 1.807) is 19.1 Å². The molecule has 11 nitrogen and oxygen atoms in total. The van der Waals surface area contributed by atoms with Crippen LogP contribution in [0.15, 0.2) is 182 Å². The number of fused-ring (bicyclic) bond motifs is 1. The van der Waals surface area contributed by atoms with Crippen LogP contribution < -0.4 is 38.1 Å². The summed E-state index contributed by atoms with van der Waals surface area (Å²) in [6.45, 7) is 22.5. The number of hydrogen-bond acceptors (Lipinski definition) is 10. The largest absolute Gasteiger partial charge is 0.473 e. The third-order valence-corrected chi connectivity index (χ3v) is 17.4. The van der Waals surface area contributed by atoms with E-state index in [1.165, 1.54) is 16.7 Å². The van der Waals surface area contributed by atoms with Crippen LogP contribution in [0.3, 0.4) is 0 Å². The summed E-state index contributed by atoms with van der Waals surface area (Å²) in [5, 5.41) is 0. The van der Waals surface area contributed by atoms with Crippen molar-refractivity contribution in [2.75, 3.05) is 53.0 Å². The summed E-state index contributed by atoms with van der Waals surface area (Å²) in [5.74, 6) is 5.31. The molecule has 3 unspecified atom stereocenters. The van der Waals surface area contributed by atoms with E-state index in [0.29, 0.717) is 28.9 Å². The molecule has 2 aliphatic rings. The van der Waals surface area contributed by atoms with Gasteiger partial charge in [0.15, 0.2) is 20.3 Å². The normalized spacial score (nSPS) is 18.3. The summed E-state index contributed by atoms with van der Waals surface area (Å²) in [7, 11) is 3.22. The molecule has 0 saturated heterocycles. The number of ether oxygens (including phenoxy) is 9. The summed E-state index contributed by atoms with van der Waals surface area (Å²) < 4.78 is 53.2. The number of methoxy groups -OCH3 is 2. The number of rotatable bonds is 23. The number of anilines is 1. The maximum atomic E-state index is 15.8. The van der Waals surface area contributed by atoms with E-state index in [1.807, 2.05) is 129 Å². The molecule has 0 aromatic heterocycles. The molecule has 1 aliphatic heterocycles. The minimum Gasteiger partial charge on any atom is -0.473 e. The van der Waals surface area contributed by atoms with Gasteiger partial charge in [0.05, 0.1) is 5.69 Å². The lowest BCUT2D eigenvalue weighted by molar-refractivity contribution is -0.121. The van der Waals surface area contributed by atoms with Gasteiger partial charge in [0, 0.05) is 30.6 Å². The van der Waals surface area contributed by atoms with Crippen molar-refractivity contribution < 1.29 is 47.4 Å². The topological polar surface area (TPSA) is 103 Å². The second kappa shape index (κ2) is 25.4. The van der Waals surface area contributed by atoms with Crippen LogP contribution in [0, 0.1) is 25.2 Å². The predicted octanol–water partition coefficient (Wildman–Crippen LogP) is 16.6. The van der Waals surface area contributed by atoms with Crippen LogP contribution in [0.5, 0.6) is 40.2 Å². The minimum atomic E-state index is -1.25. The Morgan fingerprint density at radius 3 is 1.35 bits per heavy atom. The van der Waals surface area contributed by atoms with Crippen molar-refractivity contribution in [3.05, 3.63) is 238 Å². The van der Waals surface area contributed by atoms with E-state index >= 15 is 4.79 Å². The summed E-state index contributed by atoms with van der Waals surface area (Å²) in [6.07, 6.45) is 3.18. The van der Waals surface area contributed by atoms with E-state index < -0.39 is 5.41 Å². The van der Waals surface area contributed by atoms with Gasteiger partial charge in [0.2, 0.25) is 19.5 Å². The number of carbonyl (C=O) groups is 1. The van der Waals surface area contributed by atoms with Gasteiger partial charge in [-0.2, -0.15) is 0 Å². The van der Waals surface area contributed by atoms with Gasteiger partial charge in [-0.3, -0.25) is 9.69 Å². The fraction of sp³-hybridized carbons (Fsp3) is 0.347. The van der Waals surface area contributed by atoms with Crippen LogP contribution in [0.2, 0.25) is 0 Å². The Morgan fingerprint density at radius 2 is 0.884 bits per heavy atom. The first-order valence-electron chi connectivity index (χ1n) is 29.8. The standard InChI is InChI=1S/C75H83NO10/c1-51-43-72(7,8)45-74(44-51,58-25-37-62(38-26-58)81-47-78-11)57-23-35-61(36-24-57)80-46-76-67-16-14-13-15-66(67)75(70(76)77,59-27-39-68(52(2)41-59)85-48-79-12)60-28-40-69(53(3)42-60)86-50-84-65-33-21-56(22-34-65)73(9,10)55-19-31-64(32-20-55)83-49-82-63-29-17-54(18-30-63)71(4,5)6/h13-42,51H,43-50H2,1-12H3. The van der Waals surface area contributed by atoms with Gasteiger partial charge in [-0.1, -0.05) is 159 Å². The number of carbonyl (C=O) groups excluding carboxylic acids is 1. The monoisotopic (exact) mass is 1160 g/mol. The predicted molar refractivity (Wildman–Crippen MR) is 340 cm³/mol. The highest BCUT2D eigenvalue weighted by Crippen LogP contribution is 2.55. The highest BCUT2D eigenvalue weighted by Gasteiger charge is 2.54. The van der Waals surface area contributed by atoms with Gasteiger partial charge in [-0.15, -0.1) is 0 Å². The molecular weight excluding hydrogens is 1070 g/mol. The summed E-state index contributed by atoms with van der Waals surface area (Å²) in [5.41, 5.74) is 9.39. The minimum absolute atomic E-state index is 0.00724. The van der Waals surface area contributed by atoms with Gasteiger partial charge >= 0.3 is 0 Å². The molecule has 1 saturated carbocycles. The Balaban J connectivity index is 0.839. The highest BCUT2D eigenvalue weighted by atomic mass is 16.7. The fourth-order valence-electron chi connectivity index (χ4n) is 13.2. The first kappa shape index (κ1) is 60.9. The van der Waals surface area contributed by atoms with Gasteiger partial charge in [-0.25, -0.2) is 0 Å². The highest BCUT2D eigenvalue weighted by molar-refractivity contribution is 6.13. The molecular formula is C75H83NO10. The third kappa shape index (κ3) is 12.8. The van der Waals surface area contributed by atoms with Crippen LogP contribution >= 0.6 is 0 Å². The maximum Gasteiger partial charge on any atom is 0.249 e. The number of amides is 1. The van der Waals surface area contributed by atoms with Crippen molar-refractivity contribution >= 4 is 11.6 Å². The Hall–Kier alpha value is -8.25. The smallest absolute Gasteiger partial charge is 0.249 e. The molecule has 10 rings (SSSR count).